The smallest absolute Gasteiger partial charge is 0.229 e. The summed E-state index contributed by atoms with van der Waals surface area (Å²) in [6.07, 6.45) is 5.58. The lowest BCUT2D eigenvalue weighted by Gasteiger charge is -2.32. The van der Waals surface area contributed by atoms with Crippen LogP contribution in [0.4, 0.5) is 17.3 Å². The molecule has 1 saturated heterocycles. The van der Waals surface area contributed by atoms with Gasteiger partial charge >= 0.3 is 0 Å². The monoisotopic (exact) mass is 472 g/mol. The average Bonchev–Trinajstić information content (AvgIpc) is 3.63. The Morgan fingerprint density at radius 2 is 2.06 bits per heavy atom. The van der Waals surface area contributed by atoms with E-state index in [1.807, 2.05) is 19.1 Å². The number of aromatic nitrogens is 3. The van der Waals surface area contributed by atoms with Crippen LogP contribution < -0.4 is 15.5 Å². The molecule has 2 fully saturated rings. The fraction of sp³-hybridized carbons (Fsp3) is 0.385. The highest BCUT2D eigenvalue weighted by atomic mass is 16.5. The molecule has 0 spiro atoms. The van der Waals surface area contributed by atoms with Crippen molar-refractivity contribution in [2.75, 3.05) is 41.8 Å². The zero-order valence-electron chi connectivity index (χ0n) is 19.9. The van der Waals surface area contributed by atoms with Crippen molar-refractivity contribution < 1.29 is 13.9 Å². The van der Waals surface area contributed by atoms with Crippen LogP contribution in [0.2, 0.25) is 0 Å². The lowest BCUT2D eigenvalue weighted by molar-refractivity contribution is -0.117. The molecule has 1 aromatic carbocycles. The fourth-order valence-electron chi connectivity index (χ4n) is 4.54. The van der Waals surface area contributed by atoms with E-state index in [9.17, 15) is 4.79 Å². The molecule has 35 heavy (non-hydrogen) atoms. The van der Waals surface area contributed by atoms with Crippen molar-refractivity contribution in [3.63, 3.8) is 0 Å². The normalized spacial score (nSPS) is 18.2. The third-order valence-corrected chi connectivity index (χ3v) is 6.52. The van der Waals surface area contributed by atoms with Crippen molar-refractivity contribution in [3.8, 4) is 11.5 Å². The summed E-state index contributed by atoms with van der Waals surface area (Å²) in [7, 11) is 0. The summed E-state index contributed by atoms with van der Waals surface area (Å²) in [4.78, 5) is 28.5. The number of amides is 1. The van der Waals surface area contributed by atoms with Crippen LogP contribution in [-0.4, -0.2) is 53.2 Å². The number of nitrogens with one attached hydrogen (secondary N) is 2. The number of pyridine rings is 2. The molecule has 180 valence electrons. The van der Waals surface area contributed by atoms with Gasteiger partial charge in [0.1, 0.15) is 17.2 Å². The van der Waals surface area contributed by atoms with Crippen LogP contribution in [-0.2, 0) is 9.53 Å². The van der Waals surface area contributed by atoms with E-state index >= 15 is 0 Å². The van der Waals surface area contributed by atoms with E-state index in [0.29, 0.717) is 23.9 Å². The lowest BCUT2D eigenvalue weighted by atomic mass is 10.1. The molecular formula is C26H28N6O3. The van der Waals surface area contributed by atoms with E-state index in [1.165, 1.54) is 0 Å². The summed E-state index contributed by atoms with van der Waals surface area (Å²) in [5.41, 5.74) is 3.36. The van der Waals surface area contributed by atoms with Gasteiger partial charge in [-0.2, -0.15) is 0 Å². The molecule has 1 saturated carbocycles. The first kappa shape index (κ1) is 21.8. The molecule has 0 unspecified atom stereocenters. The zero-order chi connectivity index (χ0) is 23.9. The predicted octanol–water partition coefficient (Wildman–Crippen LogP) is 4.44. The Labute approximate surface area is 202 Å². The van der Waals surface area contributed by atoms with Crippen molar-refractivity contribution in [3.05, 3.63) is 36.7 Å². The minimum Gasteiger partial charge on any atom is -0.436 e. The Morgan fingerprint density at radius 3 is 2.86 bits per heavy atom. The molecule has 3 aromatic heterocycles. The molecule has 1 aliphatic heterocycles. The van der Waals surface area contributed by atoms with Gasteiger partial charge in [0.2, 0.25) is 11.8 Å². The van der Waals surface area contributed by atoms with Crippen LogP contribution in [0.1, 0.15) is 26.7 Å². The van der Waals surface area contributed by atoms with Gasteiger partial charge in [-0.15, -0.1) is 0 Å². The quantitative estimate of drug-likeness (QED) is 0.424. The number of benzene rings is 1. The summed E-state index contributed by atoms with van der Waals surface area (Å²) in [6, 6.07) is 7.97. The van der Waals surface area contributed by atoms with Crippen molar-refractivity contribution in [2.24, 2.45) is 5.92 Å². The maximum absolute atomic E-state index is 12.3. The van der Waals surface area contributed by atoms with Crippen LogP contribution in [0.5, 0.6) is 0 Å². The van der Waals surface area contributed by atoms with Gasteiger partial charge in [0.15, 0.2) is 5.58 Å². The highest BCUT2D eigenvalue weighted by molar-refractivity contribution is 6.03. The molecule has 1 amide bonds. The Balaban J connectivity index is 1.40. The van der Waals surface area contributed by atoms with E-state index in [0.717, 1.165) is 65.8 Å². The van der Waals surface area contributed by atoms with Crippen molar-refractivity contribution >= 4 is 45.1 Å². The zero-order valence-corrected chi connectivity index (χ0v) is 19.9. The summed E-state index contributed by atoms with van der Waals surface area (Å²) in [5.74, 6) is 1.86. The third kappa shape index (κ3) is 4.27. The van der Waals surface area contributed by atoms with E-state index in [1.54, 1.807) is 12.4 Å². The minimum atomic E-state index is 0.0196. The van der Waals surface area contributed by atoms with Gasteiger partial charge in [-0.1, -0.05) is 0 Å². The fourth-order valence-corrected chi connectivity index (χ4v) is 4.54. The minimum absolute atomic E-state index is 0.0196. The summed E-state index contributed by atoms with van der Waals surface area (Å²) in [6.45, 7) is 7.25. The second-order valence-electron chi connectivity index (χ2n) is 9.23. The van der Waals surface area contributed by atoms with E-state index in [4.69, 9.17) is 14.1 Å². The highest BCUT2D eigenvalue weighted by Crippen LogP contribution is 2.35. The second kappa shape index (κ2) is 8.81. The van der Waals surface area contributed by atoms with Crippen LogP contribution in [0.15, 0.2) is 41.1 Å². The molecule has 4 heterocycles. The van der Waals surface area contributed by atoms with Crippen LogP contribution in [0, 0.1) is 5.92 Å². The number of carbonyl (C=O) groups excluding carboxylic acids is 1. The van der Waals surface area contributed by atoms with Crippen molar-refractivity contribution in [1.29, 1.82) is 0 Å². The van der Waals surface area contributed by atoms with Crippen molar-refractivity contribution in [2.45, 2.75) is 32.8 Å². The Kier molecular flexibility index (Phi) is 5.49. The number of hydrogen-bond donors (Lipinski definition) is 2. The maximum Gasteiger partial charge on any atom is 0.229 e. The third-order valence-electron chi connectivity index (χ3n) is 6.52. The summed E-state index contributed by atoms with van der Waals surface area (Å²) in [5, 5.41) is 7.94. The highest BCUT2D eigenvalue weighted by Gasteiger charge is 2.30. The van der Waals surface area contributed by atoms with Crippen LogP contribution >= 0.6 is 0 Å². The van der Waals surface area contributed by atoms with Gasteiger partial charge in [0, 0.05) is 54.4 Å². The molecule has 2 aliphatic rings. The van der Waals surface area contributed by atoms with E-state index < -0.39 is 0 Å². The number of ether oxygens (including phenoxy) is 1. The molecule has 0 bridgehead atoms. The number of anilines is 3. The van der Waals surface area contributed by atoms with Crippen molar-refractivity contribution in [1.82, 2.24) is 15.0 Å². The number of carbonyl (C=O) groups is 1. The summed E-state index contributed by atoms with van der Waals surface area (Å²) < 4.78 is 11.8. The topological polar surface area (TPSA) is 105 Å². The Bertz CT molecular complexity index is 1410. The first-order valence-corrected chi connectivity index (χ1v) is 12.2. The molecule has 0 radical (unpaired) electrons. The van der Waals surface area contributed by atoms with Gasteiger partial charge in [0.05, 0.1) is 18.3 Å². The van der Waals surface area contributed by atoms with E-state index in [-0.39, 0.29) is 17.9 Å². The molecule has 9 nitrogen and oxygen atoms in total. The molecular weight excluding hydrogens is 444 g/mol. The number of nitrogens with zero attached hydrogens (tertiary/aromatic N) is 4. The molecule has 4 aromatic rings. The molecule has 1 atom stereocenters. The first-order chi connectivity index (χ1) is 17.1. The standard InChI is InChI=1S/C26H28N6O3/c1-3-27-24-19-12-28-23(31-25(33)16-4-5-16)11-18(19)20(13-29-24)26-30-21-10-17(6-7-22(21)35-26)32-8-9-34-15(2)14-32/h6-7,10-13,15-16H,3-5,8-9,14H2,1-2H3,(H,27,29)(H,28,31,33)/t15-/m0/s1. The van der Waals surface area contributed by atoms with Crippen LogP contribution in [0.25, 0.3) is 33.3 Å². The van der Waals surface area contributed by atoms with E-state index in [2.05, 4.69) is 44.6 Å². The number of rotatable bonds is 6. The van der Waals surface area contributed by atoms with Gasteiger partial charge in [0.25, 0.3) is 0 Å². The average molecular weight is 473 g/mol. The van der Waals surface area contributed by atoms with Crippen LogP contribution in [0.3, 0.4) is 0 Å². The Hall–Kier alpha value is -3.72. The number of oxazole rings is 1. The van der Waals surface area contributed by atoms with Gasteiger partial charge in [-0.3, -0.25) is 4.79 Å². The summed E-state index contributed by atoms with van der Waals surface area (Å²) >= 11 is 0. The molecule has 6 rings (SSSR count). The number of hydrogen-bond acceptors (Lipinski definition) is 8. The second-order valence-corrected chi connectivity index (χ2v) is 9.23. The molecule has 9 heteroatoms. The van der Waals surface area contributed by atoms with Gasteiger partial charge in [-0.25, -0.2) is 15.0 Å². The lowest BCUT2D eigenvalue weighted by Crippen LogP contribution is -2.41. The largest absolute Gasteiger partial charge is 0.436 e. The SMILES string of the molecule is CCNc1ncc(-c2nc3cc(N4CCO[C@@H](C)C4)ccc3o2)c2cc(NC(=O)C3CC3)ncc12. The first-order valence-electron chi connectivity index (χ1n) is 12.2. The molecule has 1 aliphatic carbocycles. The predicted molar refractivity (Wildman–Crippen MR) is 136 cm³/mol. The Morgan fingerprint density at radius 1 is 1.17 bits per heavy atom. The number of morpholine rings is 1. The number of fused-ring (bicyclic) bond motifs is 2. The van der Waals surface area contributed by atoms with Gasteiger partial charge < -0.3 is 24.7 Å². The maximum atomic E-state index is 12.3. The molecule has 2 N–H and O–H groups in total. The van der Waals surface area contributed by atoms with Gasteiger partial charge in [-0.05, 0) is 51.0 Å².